The Morgan fingerprint density at radius 3 is 2.73 bits per heavy atom. The molecule has 1 aromatic carbocycles. The molecule has 118 valence electrons. The quantitative estimate of drug-likeness (QED) is 0.803. The normalized spacial score (nSPS) is 10.8. The van der Waals surface area contributed by atoms with Crippen LogP contribution in [0, 0.1) is 12.8 Å². The average Bonchev–Trinajstić information content (AvgIpc) is 2.84. The second-order valence-corrected chi connectivity index (χ2v) is 7.25. The number of halogens is 1. The molecule has 0 saturated heterocycles. The van der Waals surface area contributed by atoms with Crippen molar-refractivity contribution >= 4 is 40.2 Å². The molecule has 22 heavy (non-hydrogen) atoms. The third-order valence-electron chi connectivity index (χ3n) is 3.18. The zero-order valence-corrected chi connectivity index (χ0v) is 14.5. The minimum absolute atomic E-state index is 0.0458. The fourth-order valence-corrected chi connectivity index (χ4v) is 3.00. The van der Waals surface area contributed by atoms with E-state index in [-0.39, 0.29) is 5.91 Å². The number of nitrogens with one attached hydrogen (secondary N) is 2. The minimum atomic E-state index is 0.0458. The average molecular weight is 338 g/mol. The second kappa shape index (κ2) is 7.61. The van der Waals surface area contributed by atoms with Gasteiger partial charge in [0.2, 0.25) is 5.91 Å². The standard InChI is InChI=1S/C16H20ClN3OS/c1-10(2)7-15(21)20-14-6-4-5-13(11(14)3)18-8-12-9-19-16(17)22-12/h4-6,9-10,18H,7-8H2,1-3H3,(H,20,21). The number of amides is 1. The maximum atomic E-state index is 11.9. The van der Waals surface area contributed by atoms with Gasteiger partial charge in [0.05, 0.1) is 6.54 Å². The lowest BCUT2D eigenvalue weighted by Crippen LogP contribution is -2.15. The molecule has 2 aromatic rings. The number of benzene rings is 1. The van der Waals surface area contributed by atoms with Gasteiger partial charge in [-0.25, -0.2) is 4.98 Å². The number of carbonyl (C=O) groups is 1. The molecule has 0 saturated carbocycles. The van der Waals surface area contributed by atoms with Crippen molar-refractivity contribution in [3.63, 3.8) is 0 Å². The minimum Gasteiger partial charge on any atom is -0.380 e. The third-order valence-corrected chi connectivity index (χ3v) is 4.29. The number of anilines is 2. The molecule has 2 rings (SSSR count). The van der Waals surface area contributed by atoms with Crippen LogP contribution in [0.1, 0.15) is 30.7 Å². The zero-order chi connectivity index (χ0) is 16.1. The predicted molar refractivity (Wildman–Crippen MR) is 93.7 cm³/mol. The van der Waals surface area contributed by atoms with E-state index in [1.807, 2.05) is 39.0 Å². The van der Waals surface area contributed by atoms with Crippen LogP contribution in [0.15, 0.2) is 24.4 Å². The van der Waals surface area contributed by atoms with Crippen molar-refractivity contribution in [2.75, 3.05) is 10.6 Å². The summed E-state index contributed by atoms with van der Waals surface area (Å²) >= 11 is 7.29. The first kappa shape index (κ1) is 16.8. The highest BCUT2D eigenvalue weighted by Crippen LogP contribution is 2.25. The van der Waals surface area contributed by atoms with Gasteiger partial charge in [-0.15, -0.1) is 11.3 Å². The summed E-state index contributed by atoms with van der Waals surface area (Å²) in [7, 11) is 0. The highest BCUT2D eigenvalue weighted by molar-refractivity contribution is 7.15. The molecule has 1 heterocycles. The molecule has 0 atom stereocenters. The first-order valence-corrected chi connectivity index (χ1v) is 8.38. The lowest BCUT2D eigenvalue weighted by molar-refractivity contribution is -0.116. The van der Waals surface area contributed by atoms with Crippen LogP contribution >= 0.6 is 22.9 Å². The van der Waals surface area contributed by atoms with Gasteiger partial charge in [-0.3, -0.25) is 4.79 Å². The number of thiazole rings is 1. The van der Waals surface area contributed by atoms with E-state index in [0.29, 0.717) is 23.4 Å². The molecular weight excluding hydrogens is 318 g/mol. The van der Waals surface area contributed by atoms with E-state index in [2.05, 4.69) is 15.6 Å². The molecule has 2 N–H and O–H groups in total. The smallest absolute Gasteiger partial charge is 0.224 e. The van der Waals surface area contributed by atoms with Crippen molar-refractivity contribution in [1.82, 2.24) is 4.98 Å². The maximum absolute atomic E-state index is 11.9. The van der Waals surface area contributed by atoms with Crippen LogP contribution < -0.4 is 10.6 Å². The van der Waals surface area contributed by atoms with Crippen molar-refractivity contribution in [2.45, 2.75) is 33.7 Å². The van der Waals surface area contributed by atoms with Gasteiger partial charge in [0.15, 0.2) is 4.47 Å². The van der Waals surface area contributed by atoms with Crippen LogP contribution in [-0.2, 0) is 11.3 Å². The third kappa shape index (κ3) is 4.71. The highest BCUT2D eigenvalue weighted by Gasteiger charge is 2.09. The van der Waals surface area contributed by atoms with Crippen LogP contribution in [0.3, 0.4) is 0 Å². The fourth-order valence-electron chi connectivity index (χ4n) is 2.08. The number of carbonyl (C=O) groups excluding carboxylic acids is 1. The van der Waals surface area contributed by atoms with E-state index >= 15 is 0 Å². The van der Waals surface area contributed by atoms with Crippen molar-refractivity contribution in [1.29, 1.82) is 0 Å². The number of rotatable bonds is 6. The first-order chi connectivity index (χ1) is 10.5. The summed E-state index contributed by atoms with van der Waals surface area (Å²) in [5.74, 6) is 0.391. The van der Waals surface area contributed by atoms with Crippen molar-refractivity contribution in [3.05, 3.63) is 39.3 Å². The Balaban J connectivity index is 2.03. The van der Waals surface area contributed by atoms with Gasteiger partial charge in [-0.1, -0.05) is 31.5 Å². The lowest BCUT2D eigenvalue weighted by Gasteiger charge is -2.14. The summed E-state index contributed by atoms with van der Waals surface area (Å²) in [5, 5.41) is 6.33. The topological polar surface area (TPSA) is 54.0 Å². The molecule has 0 bridgehead atoms. The van der Waals surface area contributed by atoms with Gasteiger partial charge in [-0.05, 0) is 30.5 Å². The Labute approximate surface area is 139 Å². The van der Waals surface area contributed by atoms with Crippen LogP contribution in [0.5, 0.6) is 0 Å². The maximum Gasteiger partial charge on any atom is 0.224 e. The largest absolute Gasteiger partial charge is 0.380 e. The summed E-state index contributed by atoms with van der Waals surface area (Å²) in [4.78, 5) is 17.0. The van der Waals surface area contributed by atoms with E-state index in [1.165, 1.54) is 11.3 Å². The molecule has 0 aliphatic heterocycles. The molecule has 0 aliphatic rings. The SMILES string of the molecule is Cc1c(NCc2cnc(Cl)s2)cccc1NC(=O)CC(C)C. The van der Waals surface area contributed by atoms with Gasteiger partial charge in [-0.2, -0.15) is 0 Å². The lowest BCUT2D eigenvalue weighted by atomic mass is 10.1. The van der Waals surface area contributed by atoms with Gasteiger partial charge < -0.3 is 10.6 Å². The summed E-state index contributed by atoms with van der Waals surface area (Å²) in [6.07, 6.45) is 2.29. The molecule has 0 unspecified atom stereocenters. The Bertz CT molecular complexity index is 655. The summed E-state index contributed by atoms with van der Waals surface area (Å²) in [5.41, 5.74) is 2.86. The van der Waals surface area contributed by atoms with E-state index in [9.17, 15) is 4.79 Å². The van der Waals surface area contributed by atoms with E-state index in [0.717, 1.165) is 21.8 Å². The van der Waals surface area contributed by atoms with Gasteiger partial charge in [0.25, 0.3) is 0 Å². The van der Waals surface area contributed by atoms with E-state index in [4.69, 9.17) is 11.6 Å². The molecular formula is C16H20ClN3OS. The molecule has 0 radical (unpaired) electrons. The van der Waals surface area contributed by atoms with Crippen LogP contribution in [0.4, 0.5) is 11.4 Å². The molecule has 1 aromatic heterocycles. The summed E-state index contributed by atoms with van der Waals surface area (Å²) in [6.45, 7) is 6.72. The van der Waals surface area contributed by atoms with Crippen LogP contribution in [0.2, 0.25) is 4.47 Å². The second-order valence-electron chi connectivity index (χ2n) is 5.56. The molecule has 0 spiro atoms. The predicted octanol–water partition coefficient (Wildman–Crippen LogP) is 4.70. The van der Waals surface area contributed by atoms with Crippen LogP contribution in [0.25, 0.3) is 0 Å². The monoisotopic (exact) mass is 337 g/mol. The first-order valence-electron chi connectivity index (χ1n) is 7.19. The number of aromatic nitrogens is 1. The number of hydrogen-bond donors (Lipinski definition) is 2. The Morgan fingerprint density at radius 2 is 2.09 bits per heavy atom. The van der Waals surface area contributed by atoms with Crippen molar-refractivity contribution < 1.29 is 4.79 Å². The van der Waals surface area contributed by atoms with Crippen LogP contribution in [-0.4, -0.2) is 10.9 Å². The summed E-state index contributed by atoms with van der Waals surface area (Å²) < 4.78 is 0.545. The van der Waals surface area contributed by atoms with Crippen molar-refractivity contribution in [2.24, 2.45) is 5.92 Å². The Morgan fingerprint density at radius 1 is 1.36 bits per heavy atom. The Kier molecular flexibility index (Phi) is 5.80. The molecule has 0 fully saturated rings. The molecule has 1 amide bonds. The highest BCUT2D eigenvalue weighted by atomic mass is 35.5. The zero-order valence-electron chi connectivity index (χ0n) is 12.9. The fraction of sp³-hybridized carbons (Fsp3) is 0.375. The van der Waals surface area contributed by atoms with Gasteiger partial charge in [0.1, 0.15) is 0 Å². The number of nitrogens with zero attached hydrogens (tertiary/aromatic N) is 1. The molecule has 0 aliphatic carbocycles. The van der Waals surface area contributed by atoms with E-state index in [1.54, 1.807) is 6.20 Å². The Hall–Kier alpha value is -1.59. The number of hydrogen-bond acceptors (Lipinski definition) is 4. The van der Waals surface area contributed by atoms with Gasteiger partial charge >= 0.3 is 0 Å². The van der Waals surface area contributed by atoms with Crippen molar-refractivity contribution in [3.8, 4) is 0 Å². The molecule has 6 heteroatoms. The van der Waals surface area contributed by atoms with E-state index < -0.39 is 0 Å². The molecule has 4 nitrogen and oxygen atoms in total. The van der Waals surface area contributed by atoms with Gasteiger partial charge in [0, 0.05) is 28.9 Å². The summed E-state index contributed by atoms with van der Waals surface area (Å²) in [6, 6.07) is 5.85.